The minimum atomic E-state index is -4.65. The van der Waals surface area contributed by atoms with Crippen LogP contribution < -0.4 is 9.64 Å². The summed E-state index contributed by atoms with van der Waals surface area (Å²) in [4.78, 5) is 21.0. The number of carbonyl (C=O) groups excluding carboxylic acids is 1. The number of halogens is 3. The Morgan fingerprint density at radius 3 is 2.61 bits per heavy atom. The predicted octanol–water partition coefficient (Wildman–Crippen LogP) is 5.00. The second-order valence-electron chi connectivity index (χ2n) is 8.74. The normalized spacial score (nSPS) is 15.9. The second-order valence-corrected chi connectivity index (χ2v) is 8.74. The van der Waals surface area contributed by atoms with Crippen LogP contribution in [0.3, 0.4) is 0 Å². The van der Waals surface area contributed by atoms with Crippen LogP contribution in [0, 0.1) is 25.2 Å². The third-order valence-electron chi connectivity index (χ3n) is 6.37. The molecule has 0 spiro atoms. The van der Waals surface area contributed by atoms with E-state index >= 15 is 0 Å². The molecule has 4 rings (SSSR count). The molecule has 0 N–H and O–H groups in total. The van der Waals surface area contributed by atoms with E-state index in [4.69, 9.17) is 10.00 Å². The quantitative estimate of drug-likeness (QED) is 0.499. The Hall–Kier alpha value is -4.06. The van der Waals surface area contributed by atoms with Gasteiger partial charge in [-0.05, 0) is 67.4 Å². The van der Waals surface area contributed by atoms with E-state index < -0.39 is 23.3 Å². The molecule has 3 aromatic rings. The van der Waals surface area contributed by atoms with Crippen LogP contribution in [0.2, 0.25) is 0 Å². The maximum atomic E-state index is 13.5. The number of hydrogen-bond acceptors (Lipinski definition) is 5. The van der Waals surface area contributed by atoms with Gasteiger partial charge in [0, 0.05) is 37.1 Å². The average Bonchev–Trinajstić information content (AvgIpc) is 2.88. The minimum absolute atomic E-state index is 0.140. The molecule has 1 aliphatic rings. The summed E-state index contributed by atoms with van der Waals surface area (Å²) in [5.41, 5.74) is 1.57. The number of nitrogens with zero attached hydrogens (tertiary/aromatic N) is 4. The van der Waals surface area contributed by atoms with Crippen molar-refractivity contribution in [3.8, 4) is 11.8 Å². The Balaban J connectivity index is 1.61. The highest BCUT2D eigenvalue weighted by Crippen LogP contribution is 2.35. The molecule has 186 valence electrons. The zero-order valence-corrected chi connectivity index (χ0v) is 19.9. The van der Waals surface area contributed by atoms with Crippen LogP contribution in [-0.4, -0.2) is 48.1 Å². The van der Waals surface area contributed by atoms with Crippen molar-refractivity contribution in [1.82, 2.24) is 9.88 Å². The predicted molar refractivity (Wildman–Crippen MR) is 129 cm³/mol. The van der Waals surface area contributed by atoms with Gasteiger partial charge < -0.3 is 14.5 Å². The van der Waals surface area contributed by atoms with Gasteiger partial charge in [-0.1, -0.05) is 6.07 Å². The number of piperazine rings is 1. The molecule has 0 radical (unpaired) electrons. The Bertz CT molecular complexity index is 1290. The van der Waals surface area contributed by atoms with Gasteiger partial charge in [-0.3, -0.25) is 9.78 Å². The van der Waals surface area contributed by atoms with Crippen LogP contribution in [-0.2, 0) is 6.18 Å². The molecule has 1 fully saturated rings. The van der Waals surface area contributed by atoms with Crippen molar-refractivity contribution < 1.29 is 22.7 Å². The lowest BCUT2D eigenvalue weighted by Gasteiger charge is -2.42. The van der Waals surface area contributed by atoms with E-state index in [-0.39, 0.29) is 19.1 Å². The van der Waals surface area contributed by atoms with Crippen LogP contribution in [0.5, 0.6) is 5.75 Å². The van der Waals surface area contributed by atoms with Gasteiger partial charge in [-0.15, -0.1) is 0 Å². The van der Waals surface area contributed by atoms with Crippen LogP contribution >= 0.6 is 0 Å². The van der Waals surface area contributed by atoms with E-state index in [0.29, 0.717) is 30.1 Å². The molecular weight excluding hydrogens is 469 g/mol. The fourth-order valence-corrected chi connectivity index (χ4v) is 4.23. The van der Waals surface area contributed by atoms with Crippen LogP contribution in [0.15, 0.2) is 60.9 Å². The number of pyridine rings is 1. The minimum Gasteiger partial charge on any atom is -0.490 e. The van der Waals surface area contributed by atoms with Crippen LogP contribution in [0.25, 0.3) is 0 Å². The number of aromatic nitrogens is 1. The zero-order valence-electron chi connectivity index (χ0n) is 19.9. The first-order chi connectivity index (χ1) is 17.2. The zero-order chi connectivity index (χ0) is 25.9. The van der Waals surface area contributed by atoms with Crippen LogP contribution in [0.1, 0.15) is 32.6 Å². The van der Waals surface area contributed by atoms with Gasteiger partial charge >= 0.3 is 6.18 Å². The van der Waals surface area contributed by atoms with Gasteiger partial charge in [0.2, 0.25) is 0 Å². The summed E-state index contributed by atoms with van der Waals surface area (Å²) in [6.45, 7) is 4.95. The molecule has 6 nitrogen and oxygen atoms in total. The molecule has 1 saturated heterocycles. The number of rotatable bonds is 5. The molecule has 1 amide bonds. The van der Waals surface area contributed by atoms with Crippen molar-refractivity contribution in [3.63, 3.8) is 0 Å². The molecule has 2 heterocycles. The lowest BCUT2D eigenvalue weighted by Crippen LogP contribution is -2.57. The van der Waals surface area contributed by atoms with Crippen molar-refractivity contribution in [1.29, 1.82) is 5.26 Å². The second kappa shape index (κ2) is 10.3. The van der Waals surface area contributed by atoms with Gasteiger partial charge in [-0.25, -0.2) is 0 Å². The monoisotopic (exact) mass is 494 g/mol. The summed E-state index contributed by atoms with van der Waals surface area (Å²) >= 11 is 0. The number of benzene rings is 2. The van der Waals surface area contributed by atoms with Gasteiger partial charge in [0.25, 0.3) is 5.91 Å². The Morgan fingerprint density at radius 1 is 1.14 bits per heavy atom. The molecule has 36 heavy (non-hydrogen) atoms. The maximum Gasteiger partial charge on any atom is 0.417 e. The third-order valence-corrected chi connectivity index (χ3v) is 6.37. The Morgan fingerprint density at radius 2 is 1.94 bits per heavy atom. The average molecular weight is 495 g/mol. The van der Waals surface area contributed by atoms with Crippen molar-refractivity contribution in [2.75, 3.05) is 31.1 Å². The Kier molecular flexibility index (Phi) is 7.15. The molecule has 1 aliphatic heterocycles. The van der Waals surface area contributed by atoms with Crippen LogP contribution in [0.4, 0.5) is 18.9 Å². The third kappa shape index (κ3) is 5.43. The number of aryl methyl sites for hydroxylation is 2. The number of hydrogen-bond donors (Lipinski definition) is 0. The molecule has 0 bridgehead atoms. The topological polar surface area (TPSA) is 69.5 Å². The summed E-state index contributed by atoms with van der Waals surface area (Å²) < 4.78 is 46.5. The Labute approximate surface area is 207 Å². The highest BCUT2D eigenvalue weighted by Gasteiger charge is 2.36. The van der Waals surface area contributed by atoms with E-state index in [9.17, 15) is 18.0 Å². The highest BCUT2D eigenvalue weighted by atomic mass is 19.4. The number of carbonyl (C=O) groups is 1. The first kappa shape index (κ1) is 25.0. The highest BCUT2D eigenvalue weighted by molar-refractivity contribution is 5.95. The smallest absolute Gasteiger partial charge is 0.417 e. The lowest BCUT2D eigenvalue weighted by molar-refractivity contribution is -0.137. The summed E-state index contributed by atoms with van der Waals surface area (Å²) in [6.07, 6.45) is -1.47. The van der Waals surface area contributed by atoms with Gasteiger partial charge in [-0.2, -0.15) is 18.4 Å². The van der Waals surface area contributed by atoms with Gasteiger partial charge in [0.1, 0.15) is 12.4 Å². The summed E-state index contributed by atoms with van der Waals surface area (Å²) in [6, 6.07) is 13.9. The van der Waals surface area contributed by atoms with E-state index in [0.717, 1.165) is 17.2 Å². The number of ether oxygens (including phenoxy) is 1. The molecule has 1 unspecified atom stereocenters. The van der Waals surface area contributed by atoms with Gasteiger partial charge in [0.15, 0.2) is 0 Å². The lowest BCUT2D eigenvalue weighted by atomic mass is 10.0. The maximum absolute atomic E-state index is 13.5. The van der Waals surface area contributed by atoms with Crippen molar-refractivity contribution in [2.45, 2.75) is 26.1 Å². The summed E-state index contributed by atoms with van der Waals surface area (Å²) in [5.74, 6) is 0.374. The molecular formula is C27H25F3N4O2. The van der Waals surface area contributed by atoms with E-state index in [2.05, 4.69) is 4.98 Å². The van der Waals surface area contributed by atoms with Crippen molar-refractivity contribution in [2.24, 2.45) is 0 Å². The molecule has 9 heteroatoms. The molecule has 1 atom stereocenters. The molecule has 0 saturated carbocycles. The number of anilines is 1. The number of alkyl halides is 3. The molecule has 1 aromatic heterocycles. The van der Waals surface area contributed by atoms with E-state index in [1.54, 1.807) is 46.5 Å². The molecule has 0 aliphatic carbocycles. The first-order valence-electron chi connectivity index (χ1n) is 11.4. The number of nitriles is 1. The summed E-state index contributed by atoms with van der Waals surface area (Å²) in [5, 5.41) is 9.11. The molecule has 2 aromatic carbocycles. The van der Waals surface area contributed by atoms with Gasteiger partial charge in [0.05, 0.1) is 29.4 Å². The van der Waals surface area contributed by atoms with E-state index in [1.165, 1.54) is 12.1 Å². The largest absolute Gasteiger partial charge is 0.490 e. The first-order valence-corrected chi connectivity index (χ1v) is 11.4. The standard InChI is InChI=1S/C27H25F3N4O2/c1-18-5-6-20(12-19(18)2)26(35)34-11-10-33(16-23(34)17-36-24-4-3-9-32-15-24)22-8-7-21(14-31)25(13-22)27(28,29)30/h3-9,12-13,15,23H,10-11,16-17H2,1-2H3. The van der Waals surface area contributed by atoms with Crippen molar-refractivity contribution >= 4 is 11.6 Å². The summed E-state index contributed by atoms with van der Waals surface area (Å²) in [7, 11) is 0. The van der Waals surface area contributed by atoms with E-state index in [1.807, 2.05) is 26.0 Å². The number of amides is 1. The van der Waals surface area contributed by atoms with Crippen molar-refractivity contribution in [3.05, 3.63) is 88.7 Å². The SMILES string of the molecule is Cc1ccc(C(=O)N2CCN(c3ccc(C#N)c(C(F)(F)F)c3)CC2COc2cccnc2)cc1C. The fourth-order valence-electron chi connectivity index (χ4n) is 4.23. The fraction of sp³-hybridized carbons (Fsp3) is 0.296.